The van der Waals surface area contributed by atoms with Crippen molar-refractivity contribution in [1.82, 2.24) is 5.32 Å². The Hall–Kier alpha value is -0.0900. The molecule has 1 rings (SSSR count). The average molecular weight is 304 g/mol. The third-order valence-corrected chi connectivity index (χ3v) is 6.47. The van der Waals surface area contributed by atoms with E-state index < -0.39 is 9.84 Å². The van der Waals surface area contributed by atoms with Crippen LogP contribution in [0.2, 0.25) is 0 Å². The highest BCUT2D eigenvalue weighted by Crippen LogP contribution is 2.41. The molecular formula is C16H33NO2S. The Balaban J connectivity index is 2.49. The second-order valence-corrected chi connectivity index (χ2v) is 9.98. The summed E-state index contributed by atoms with van der Waals surface area (Å²) in [6.45, 7) is 11.1. The standard InChI is InChI=1S/C16H33NO2S/c1-13(2)12-17-10-9-16(3,4)14-7-6-8-15(11-14)20(5,18)19/h13-15,17H,6-12H2,1-5H3. The fourth-order valence-electron chi connectivity index (χ4n) is 3.25. The predicted molar refractivity (Wildman–Crippen MR) is 86.7 cm³/mol. The minimum Gasteiger partial charge on any atom is -0.316 e. The Bertz CT molecular complexity index is 387. The second-order valence-electron chi connectivity index (χ2n) is 7.65. The van der Waals surface area contributed by atoms with Crippen molar-refractivity contribution in [2.24, 2.45) is 17.3 Å². The van der Waals surface area contributed by atoms with Crippen LogP contribution in [0.25, 0.3) is 0 Å². The topological polar surface area (TPSA) is 46.2 Å². The summed E-state index contributed by atoms with van der Waals surface area (Å²) in [4.78, 5) is 0. The van der Waals surface area contributed by atoms with E-state index in [4.69, 9.17) is 0 Å². The lowest BCUT2D eigenvalue weighted by molar-refractivity contribution is 0.146. The van der Waals surface area contributed by atoms with E-state index in [-0.39, 0.29) is 10.7 Å². The van der Waals surface area contributed by atoms with Crippen LogP contribution in [0, 0.1) is 17.3 Å². The first kappa shape index (κ1) is 18.0. The monoisotopic (exact) mass is 303 g/mol. The van der Waals surface area contributed by atoms with E-state index in [2.05, 4.69) is 33.0 Å². The zero-order chi connectivity index (χ0) is 15.4. The predicted octanol–water partition coefficient (Wildman–Crippen LogP) is 3.25. The van der Waals surface area contributed by atoms with Gasteiger partial charge in [-0.15, -0.1) is 0 Å². The van der Waals surface area contributed by atoms with Crippen molar-refractivity contribution < 1.29 is 8.42 Å². The Morgan fingerprint density at radius 3 is 2.45 bits per heavy atom. The van der Waals surface area contributed by atoms with Gasteiger partial charge in [0.05, 0.1) is 5.25 Å². The molecule has 2 atom stereocenters. The van der Waals surface area contributed by atoms with Gasteiger partial charge >= 0.3 is 0 Å². The van der Waals surface area contributed by atoms with E-state index >= 15 is 0 Å². The zero-order valence-corrected chi connectivity index (χ0v) is 14.7. The summed E-state index contributed by atoms with van der Waals surface area (Å²) in [6.07, 6.45) is 6.49. The maximum absolute atomic E-state index is 11.8. The molecule has 20 heavy (non-hydrogen) atoms. The van der Waals surface area contributed by atoms with Gasteiger partial charge in [0.1, 0.15) is 9.84 Å². The third kappa shape index (κ3) is 5.72. The summed E-state index contributed by atoms with van der Waals surface area (Å²) in [5, 5.41) is 3.40. The maximum Gasteiger partial charge on any atom is 0.150 e. The molecule has 0 aromatic rings. The molecule has 0 saturated heterocycles. The van der Waals surface area contributed by atoms with E-state index in [1.165, 1.54) is 12.7 Å². The highest BCUT2D eigenvalue weighted by molar-refractivity contribution is 7.91. The lowest BCUT2D eigenvalue weighted by Crippen LogP contribution is -2.36. The van der Waals surface area contributed by atoms with Crippen LogP contribution in [-0.2, 0) is 9.84 Å². The number of nitrogens with one attached hydrogen (secondary N) is 1. The average Bonchev–Trinajstić information content (AvgIpc) is 2.34. The highest BCUT2D eigenvalue weighted by Gasteiger charge is 2.36. The summed E-state index contributed by atoms with van der Waals surface area (Å²) >= 11 is 0. The Morgan fingerprint density at radius 1 is 1.25 bits per heavy atom. The van der Waals surface area contributed by atoms with Crippen LogP contribution >= 0.6 is 0 Å². The van der Waals surface area contributed by atoms with E-state index in [1.54, 1.807) is 0 Å². The molecule has 0 bridgehead atoms. The largest absolute Gasteiger partial charge is 0.316 e. The summed E-state index contributed by atoms with van der Waals surface area (Å²) in [7, 11) is -2.87. The third-order valence-electron chi connectivity index (χ3n) is 4.84. The molecule has 0 radical (unpaired) electrons. The van der Waals surface area contributed by atoms with Crippen LogP contribution in [0.15, 0.2) is 0 Å². The van der Waals surface area contributed by atoms with Crippen molar-refractivity contribution >= 4 is 9.84 Å². The second kappa shape index (κ2) is 7.26. The fourth-order valence-corrected chi connectivity index (χ4v) is 4.43. The molecule has 1 saturated carbocycles. The van der Waals surface area contributed by atoms with Gasteiger partial charge in [-0.05, 0) is 56.0 Å². The molecule has 0 aromatic carbocycles. The van der Waals surface area contributed by atoms with Crippen LogP contribution < -0.4 is 5.32 Å². The minimum atomic E-state index is -2.87. The van der Waals surface area contributed by atoms with Gasteiger partial charge in [0.15, 0.2) is 0 Å². The first-order valence-corrected chi connectivity index (χ1v) is 9.98. The fraction of sp³-hybridized carbons (Fsp3) is 1.00. The van der Waals surface area contributed by atoms with Gasteiger partial charge in [0, 0.05) is 6.26 Å². The molecule has 1 fully saturated rings. The molecule has 0 spiro atoms. The lowest BCUT2D eigenvalue weighted by Gasteiger charge is -2.39. The minimum absolute atomic E-state index is 0.107. The van der Waals surface area contributed by atoms with E-state index in [1.807, 2.05) is 0 Å². The van der Waals surface area contributed by atoms with Crippen LogP contribution in [-0.4, -0.2) is 33.0 Å². The summed E-state index contributed by atoms with van der Waals surface area (Å²) in [5.74, 6) is 1.22. The Labute approximate surface area is 125 Å². The van der Waals surface area contributed by atoms with Crippen LogP contribution in [0.4, 0.5) is 0 Å². The van der Waals surface area contributed by atoms with Crippen molar-refractivity contribution in [3.63, 3.8) is 0 Å². The van der Waals surface area contributed by atoms with Crippen LogP contribution in [0.5, 0.6) is 0 Å². The van der Waals surface area contributed by atoms with E-state index in [9.17, 15) is 8.42 Å². The van der Waals surface area contributed by atoms with Crippen molar-refractivity contribution in [3.05, 3.63) is 0 Å². The van der Waals surface area contributed by atoms with Gasteiger partial charge in [0.25, 0.3) is 0 Å². The zero-order valence-electron chi connectivity index (χ0n) is 13.9. The molecule has 1 N–H and O–H groups in total. The van der Waals surface area contributed by atoms with Crippen molar-refractivity contribution in [3.8, 4) is 0 Å². The van der Waals surface area contributed by atoms with Gasteiger partial charge in [-0.3, -0.25) is 0 Å². The molecule has 0 aromatic heterocycles. The Kier molecular flexibility index (Phi) is 6.52. The number of hydrogen-bond acceptors (Lipinski definition) is 3. The van der Waals surface area contributed by atoms with E-state index in [0.29, 0.717) is 11.8 Å². The van der Waals surface area contributed by atoms with Gasteiger partial charge < -0.3 is 5.32 Å². The molecule has 120 valence electrons. The summed E-state index contributed by atoms with van der Waals surface area (Å²) < 4.78 is 23.6. The van der Waals surface area contributed by atoms with Gasteiger partial charge in [-0.2, -0.15) is 0 Å². The van der Waals surface area contributed by atoms with Gasteiger partial charge in [0.2, 0.25) is 0 Å². The normalized spacial score (nSPS) is 25.1. The quantitative estimate of drug-likeness (QED) is 0.734. The smallest absolute Gasteiger partial charge is 0.150 e. The van der Waals surface area contributed by atoms with Crippen LogP contribution in [0.1, 0.15) is 59.8 Å². The summed E-state index contributed by atoms with van der Waals surface area (Å²) in [5.41, 5.74) is 0.230. The molecule has 0 amide bonds. The van der Waals surface area contributed by atoms with Gasteiger partial charge in [-0.25, -0.2) is 8.42 Å². The molecule has 1 aliphatic rings. The SMILES string of the molecule is CC(C)CNCCC(C)(C)C1CCCC(S(C)(=O)=O)C1. The van der Waals surface area contributed by atoms with Gasteiger partial charge in [-0.1, -0.05) is 34.1 Å². The number of hydrogen-bond donors (Lipinski definition) is 1. The number of sulfone groups is 1. The van der Waals surface area contributed by atoms with E-state index in [0.717, 1.165) is 38.8 Å². The molecular weight excluding hydrogens is 270 g/mol. The first-order chi connectivity index (χ1) is 9.13. The van der Waals surface area contributed by atoms with Crippen LogP contribution in [0.3, 0.4) is 0 Å². The lowest BCUT2D eigenvalue weighted by atomic mass is 9.69. The number of rotatable bonds is 7. The molecule has 0 heterocycles. The molecule has 3 nitrogen and oxygen atoms in total. The molecule has 2 unspecified atom stereocenters. The van der Waals surface area contributed by atoms with Crippen molar-refractivity contribution in [1.29, 1.82) is 0 Å². The molecule has 0 aliphatic heterocycles. The Morgan fingerprint density at radius 2 is 1.90 bits per heavy atom. The summed E-state index contributed by atoms with van der Waals surface area (Å²) in [6, 6.07) is 0. The maximum atomic E-state index is 11.8. The molecule has 4 heteroatoms. The van der Waals surface area contributed by atoms with Crippen molar-refractivity contribution in [2.75, 3.05) is 19.3 Å². The van der Waals surface area contributed by atoms with Crippen molar-refractivity contribution in [2.45, 2.75) is 65.0 Å². The molecule has 1 aliphatic carbocycles. The first-order valence-electron chi connectivity index (χ1n) is 8.02. The highest BCUT2D eigenvalue weighted by atomic mass is 32.2.